The van der Waals surface area contributed by atoms with Crippen LogP contribution in [0.25, 0.3) is 10.1 Å². The lowest BCUT2D eigenvalue weighted by Gasteiger charge is -2.37. The summed E-state index contributed by atoms with van der Waals surface area (Å²) in [7, 11) is 1.41. The highest BCUT2D eigenvalue weighted by molar-refractivity contribution is 7.21. The molecule has 1 aliphatic carbocycles. The number of piperidine rings is 1. The van der Waals surface area contributed by atoms with Crippen molar-refractivity contribution < 1.29 is 29.0 Å². The zero-order valence-corrected chi connectivity index (χ0v) is 26.4. The van der Waals surface area contributed by atoms with E-state index in [-0.39, 0.29) is 24.1 Å². The van der Waals surface area contributed by atoms with E-state index in [0.29, 0.717) is 63.3 Å². The van der Waals surface area contributed by atoms with Crippen molar-refractivity contribution >= 4 is 44.7 Å². The minimum Gasteiger partial charge on any atom is -0.457 e. The Hall–Kier alpha value is -4.33. The van der Waals surface area contributed by atoms with E-state index in [0.717, 1.165) is 5.56 Å². The van der Waals surface area contributed by atoms with Crippen molar-refractivity contribution in [3.63, 3.8) is 0 Å². The topological polar surface area (TPSA) is 183 Å². The van der Waals surface area contributed by atoms with Crippen molar-refractivity contribution in [1.82, 2.24) is 10.2 Å². The third-order valence-electron chi connectivity index (χ3n) is 8.80. The van der Waals surface area contributed by atoms with Crippen molar-refractivity contribution in [3.8, 4) is 11.5 Å². The number of anilines is 1. The van der Waals surface area contributed by atoms with E-state index in [1.807, 2.05) is 43.3 Å². The second kappa shape index (κ2) is 12.5. The number of methoxy groups -OCH3 is 1. The van der Waals surface area contributed by atoms with Crippen LogP contribution in [-0.4, -0.2) is 66.6 Å². The molecule has 2 unspecified atom stereocenters. The summed E-state index contributed by atoms with van der Waals surface area (Å²) in [5, 5.41) is 13.7. The van der Waals surface area contributed by atoms with E-state index < -0.39 is 35.3 Å². The smallest absolute Gasteiger partial charge is 0.262 e. The fourth-order valence-electron chi connectivity index (χ4n) is 6.58. The molecule has 2 amide bonds. The quantitative estimate of drug-likeness (QED) is 0.180. The molecular formula is C34H37N5O6S. The summed E-state index contributed by atoms with van der Waals surface area (Å²) in [6.07, 6.45) is 0.0169. The van der Waals surface area contributed by atoms with Gasteiger partial charge in [-0.3, -0.25) is 14.4 Å². The molecule has 1 saturated heterocycles. The molecule has 2 aliphatic rings. The molecule has 1 aromatic heterocycles. The molecule has 12 heteroatoms. The highest BCUT2D eigenvalue weighted by atomic mass is 32.1. The SMILES string of the molecule is COC[C@@H](O)C(=O)N1CCC[C@@H](NC(=O)c2sc3c(N)ccc4c3c2C(N)C(=O)C4(N)c2ccc(Oc3ccccc3)cc2C)C1. The molecule has 0 bridgehead atoms. The number of benzene rings is 3. The van der Waals surface area contributed by atoms with E-state index in [2.05, 4.69) is 5.32 Å². The number of carbonyl (C=O) groups excluding carboxylic acids is 3. The lowest BCUT2D eigenvalue weighted by atomic mass is 9.69. The molecule has 4 aromatic rings. The van der Waals surface area contributed by atoms with Crippen LogP contribution >= 0.6 is 11.3 Å². The molecule has 0 saturated carbocycles. The first-order valence-electron chi connectivity index (χ1n) is 15.1. The Labute approximate surface area is 270 Å². The number of aliphatic hydroxyl groups is 1. The maximum Gasteiger partial charge on any atom is 0.262 e. The predicted molar refractivity (Wildman–Crippen MR) is 176 cm³/mol. The van der Waals surface area contributed by atoms with Gasteiger partial charge in [-0.2, -0.15) is 0 Å². The Kier molecular flexibility index (Phi) is 8.57. The fourth-order valence-corrected chi connectivity index (χ4v) is 7.78. The Morgan fingerprint density at radius 1 is 1.13 bits per heavy atom. The number of Topliss-reactive ketones (excluding diaryl/α,β-unsaturated/α-hetero) is 1. The van der Waals surface area contributed by atoms with E-state index in [1.165, 1.54) is 23.3 Å². The van der Waals surface area contributed by atoms with Gasteiger partial charge >= 0.3 is 0 Å². The van der Waals surface area contributed by atoms with Crippen LogP contribution < -0.4 is 27.3 Å². The van der Waals surface area contributed by atoms with Gasteiger partial charge in [0.1, 0.15) is 17.0 Å². The molecule has 3 aromatic carbocycles. The molecule has 6 rings (SSSR count). The zero-order valence-electron chi connectivity index (χ0n) is 25.6. The number of ether oxygens (including phenoxy) is 2. The van der Waals surface area contributed by atoms with Crippen molar-refractivity contribution in [2.75, 3.05) is 32.5 Å². The number of aliphatic hydroxyl groups excluding tert-OH is 1. The first-order chi connectivity index (χ1) is 22.0. The number of nitrogens with two attached hydrogens (primary N) is 3. The minimum absolute atomic E-state index is 0.110. The third-order valence-corrected chi connectivity index (χ3v) is 10.1. The Balaban J connectivity index is 1.34. The summed E-state index contributed by atoms with van der Waals surface area (Å²) < 4.78 is 11.5. The molecule has 11 nitrogen and oxygen atoms in total. The van der Waals surface area contributed by atoms with Gasteiger partial charge in [-0.1, -0.05) is 30.3 Å². The van der Waals surface area contributed by atoms with Crippen molar-refractivity contribution in [3.05, 3.63) is 87.8 Å². The van der Waals surface area contributed by atoms with Gasteiger partial charge in [0, 0.05) is 42.9 Å². The Morgan fingerprint density at radius 2 is 1.87 bits per heavy atom. The lowest BCUT2D eigenvalue weighted by molar-refractivity contribution is -0.144. The molecule has 4 atom stereocenters. The number of rotatable bonds is 8. The van der Waals surface area contributed by atoms with E-state index in [9.17, 15) is 19.5 Å². The van der Waals surface area contributed by atoms with Gasteiger partial charge in [-0.25, -0.2) is 0 Å². The van der Waals surface area contributed by atoms with E-state index in [1.54, 1.807) is 24.3 Å². The van der Waals surface area contributed by atoms with Gasteiger partial charge in [0.05, 0.1) is 22.2 Å². The molecule has 240 valence electrons. The van der Waals surface area contributed by atoms with Gasteiger partial charge in [-0.05, 0) is 66.8 Å². The van der Waals surface area contributed by atoms with Crippen LogP contribution in [-0.2, 0) is 19.9 Å². The molecule has 0 radical (unpaired) electrons. The molecule has 0 spiro atoms. The van der Waals surface area contributed by atoms with Gasteiger partial charge in [-0.15, -0.1) is 11.3 Å². The molecular weight excluding hydrogens is 606 g/mol. The normalized spacial score (nSPS) is 21.7. The number of para-hydroxylation sites is 1. The number of likely N-dealkylation sites (tertiary alicyclic amines) is 1. The zero-order chi connectivity index (χ0) is 32.7. The number of nitrogen functional groups attached to an aromatic ring is 1. The van der Waals surface area contributed by atoms with Gasteiger partial charge < -0.3 is 42.0 Å². The maximum atomic E-state index is 14.2. The standard InChI is InChI=1S/C34H37N5O6S/c1-18-15-21(45-20-8-4-3-5-9-20)10-11-22(18)34(37)23-12-13-24(35)29-26(23)27(28(36)31(34)41)30(46-29)32(42)38-19-7-6-14-39(16-19)33(43)25(40)17-44-2/h3-5,8-13,15,19,25,28,40H,6-7,14,16-17,35-37H2,1-2H3,(H,38,42)/t19-,25-,28?,34?/m1/s1. The van der Waals surface area contributed by atoms with Crippen LogP contribution in [0.15, 0.2) is 60.7 Å². The molecule has 46 heavy (non-hydrogen) atoms. The summed E-state index contributed by atoms with van der Waals surface area (Å²) in [5.41, 5.74) is 21.3. The van der Waals surface area contributed by atoms with Gasteiger partial charge in [0.2, 0.25) is 0 Å². The number of amides is 2. The maximum absolute atomic E-state index is 14.2. The number of nitrogens with zero attached hydrogens (tertiary/aromatic N) is 1. The summed E-state index contributed by atoms with van der Waals surface area (Å²) in [6, 6.07) is 16.6. The number of ketones is 1. The second-order valence-electron chi connectivity index (χ2n) is 11.9. The number of hydrogen-bond donors (Lipinski definition) is 5. The number of hydrogen-bond acceptors (Lipinski definition) is 10. The monoisotopic (exact) mass is 643 g/mol. The lowest BCUT2D eigenvalue weighted by Crippen LogP contribution is -2.53. The van der Waals surface area contributed by atoms with Gasteiger partial charge in [0.15, 0.2) is 11.9 Å². The number of nitrogens with one attached hydrogen (secondary N) is 1. The van der Waals surface area contributed by atoms with E-state index in [4.69, 9.17) is 26.7 Å². The highest BCUT2D eigenvalue weighted by Crippen LogP contribution is 2.50. The van der Waals surface area contributed by atoms with Crippen LogP contribution in [0, 0.1) is 6.92 Å². The fraction of sp³-hybridized carbons (Fsp3) is 0.324. The summed E-state index contributed by atoms with van der Waals surface area (Å²) in [6.45, 7) is 2.46. The largest absolute Gasteiger partial charge is 0.457 e. The van der Waals surface area contributed by atoms with Crippen LogP contribution in [0.2, 0.25) is 0 Å². The van der Waals surface area contributed by atoms with Crippen molar-refractivity contribution in [2.24, 2.45) is 11.5 Å². The van der Waals surface area contributed by atoms with Crippen molar-refractivity contribution in [2.45, 2.75) is 43.5 Å². The average molecular weight is 644 g/mol. The predicted octanol–water partition coefficient (Wildman–Crippen LogP) is 3.10. The average Bonchev–Trinajstić information content (AvgIpc) is 3.46. The third kappa shape index (κ3) is 5.41. The van der Waals surface area contributed by atoms with Crippen molar-refractivity contribution in [1.29, 1.82) is 0 Å². The summed E-state index contributed by atoms with van der Waals surface area (Å²) in [5.74, 6) is -0.0305. The number of carbonyl (C=O) groups is 3. The molecule has 1 fully saturated rings. The second-order valence-corrected chi connectivity index (χ2v) is 12.9. The number of thiophene rings is 1. The number of aryl methyl sites for hydroxylation is 1. The Bertz CT molecular complexity index is 1830. The first kappa shape index (κ1) is 31.6. The first-order valence-corrected chi connectivity index (χ1v) is 15.9. The highest BCUT2D eigenvalue weighted by Gasteiger charge is 2.49. The van der Waals surface area contributed by atoms with Crippen LogP contribution in [0.1, 0.15) is 50.8 Å². The summed E-state index contributed by atoms with van der Waals surface area (Å²) >= 11 is 1.17. The molecule has 1 aliphatic heterocycles. The van der Waals surface area contributed by atoms with Crippen LogP contribution in [0.4, 0.5) is 5.69 Å². The van der Waals surface area contributed by atoms with Crippen LogP contribution in [0.5, 0.6) is 11.5 Å². The van der Waals surface area contributed by atoms with E-state index >= 15 is 0 Å². The Morgan fingerprint density at radius 3 is 2.59 bits per heavy atom. The summed E-state index contributed by atoms with van der Waals surface area (Å²) in [4.78, 5) is 42.5. The minimum atomic E-state index is -1.60. The van der Waals surface area contributed by atoms with Gasteiger partial charge in [0.25, 0.3) is 11.8 Å². The molecule has 8 N–H and O–H groups in total. The molecule has 2 heterocycles. The van der Waals surface area contributed by atoms with Crippen LogP contribution in [0.3, 0.4) is 0 Å².